The second-order valence-electron chi connectivity index (χ2n) is 19.7. The Bertz CT molecular complexity index is 3170. The first-order chi connectivity index (χ1) is 36.8. The predicted molar refractivity (Wildman–Crippen MR) is 247 cm³/mol. The fraction of sp³-hybridized carbons (Fsp3) is 0.580. The van der Waals surface area contributed by atoms with Crippen molar-refractivity contribution in [1.29, 1.82) is 0 Å². The number of fused-ring (bicyclic) bond motifs is 6. The summed E-state index contributed by atoms with van der Waals surface area (Å²) in [6.07, 6.45) is 10.2. The number of carboxylic acid groups (broad SMARTS) is 1. The molecule has 4 fully saturated rings. The van der Waals surface area contributed by atoms with Gasteiger partial charge in [0.05, 0.1) is 46.5 Å². The van der Waals surface area contributed by atoms with Crippen LogP contribution in [-0.2, 0) is 49.4 Å². The number of hydrogen-bond donors (Lipinski definition) is 3. The Hall–Kier alpha value is -4.56. The number of ether oxygens (including phenoxy) is 1. The number of nitrogens with zero attached hydrogens (tertiary/aromatic N) is 6. The lowest BCUT2D eigenvalue weighted by Crippen LogP contribution is -2.34. The third-order valence-electron chi connectivity index (χ3n) is 16.1. The first-order valence-corrected chi connectivity index (χ1v) is 22.7. The van der Waals surface area contributed by atoms with Gasteiger partial charge in [0.2, 0.25) is 0 Å². The van der Waals surface area contributed by atoms with Gasteiger partial charge in [-0.3, -0.25) is 24.2 Å². The number of imidazole rings is 2. The van der Waals surface area contributed by atoms with Crippen LogP contribution in [0.15, 0.2) is 36.3 Å². The van der Waals surface area contributed by atoms with Crippen molar-refractivity contribution in [1.82, 2.24) is 28.9 Å². The van der Waals surface area contributed by atoms with E-state index in [2.05, 4.69) is 30.4 Å². The first-order valence-electron chi connectivity index (χ1n) is 29.9. The van der Waals surface area contributed by atoms with E-state index in [1.165, 1.54) is 6.92 Å². The maximum Gasteiger partial charge on any atom is 0.309 e. The number of nitrogens with one attached hydrogen (secondary N) is 2. The quantitative estimate of drug-likeness (QED) is 0.114. The molecular weight excluding hydrogens is 828 g/mol. The molecule has 64 heavy (non-hydrogen) atoms. The first kappa shape index (κ1) is 29.2. The van der Waals surface area contributed by atoms with Crippen molar-refractivity contribution in [3.63, 3.8) is 0 Å². The molecule has 2 aromatic heterocycles. The molecule has 2 amide bonds. The summed E-state index contributed by atoms with van der Waals surface area (Å²) in [7, 11) is -2.46. The van der Waals surface area contributed by atoms with Crippen LogP contribution < -0.4 is 10.6 Å². The summed E-state index contributed by atoms with van der Waals surface area (Å²) in [4.78, 5) is 54.2. The Labute approximate surface area is 402 Å². The van der Waals surface area contributed by atoms with Crippen LogP contribution in [-0.4, -0.2) is 91.6 Å². The number of anilines is 2. The second-order valence-corrected chi connectivity index (χ2v) is 20.1. The Morgan fingerprint density at radius 1 is 0.766 bits per heavy atom. The molecule has 6 aliphatic rings. The number of benzene rings is 2. The summed E-state index contributed by atoms with van der Waals surface area (Å²) < 4.78 is 134. The number of halogens is 1. The van der Waals surface area contributed by atoms with E-state index in [1.807, 2.05) is 0 Å². The summed E-state index contributed by atoms with van der Waals surface area (Å²) >= 11 is 6.99. The van der Waals surface area contributed by atoms with E-state index in [4.69, 9.17) is 36.9 Å². The van der Waals surface area contributed by atoms with Gasteiger partial charge in [-0.1, -0.05) is 35.8 Å². The molecule has 2 aromatic carbocycles. The second kappa shape index (κ2) is 16.4. The summed E-state index contributed by atoms with van der Waals surface area (Å²) in [5.41, 5.74) is -1.29. The number of carbonyl (C=O) groups is 3. The molecule has 4 bridgehead atoms. The fourth-order valence-electron chi connectivity index (χ4n) is 12.3. The monoisotopic (exact) mass is 906 g/mol. The highest BCUT2D eigenvalue weighted by Gasteiger charge is 2.58. The fourth-order valence-corrected chi connectivity index (χ4v) is 12.5. The Morgan fingerprint density at radius 2 is 1.30 bits per heavy atom. The Kier molecular flexibility index (Phi) is 7.47. The SMILES string of the molecule is [2H]c1c([2H])c(NC(=O)c2nc3c(n2C([2H])([2H])[2H])CCN(CCC24CCC(COC([2H])([2H])[2H])(CC2)C4)C3)c(C)c(-c2c([2H])c([2H])c([2H])c(NC(=O)c3nc4c(n3C([2H])([2H])[2H])CCN(CCC35CCC(C(=O)O)(CC3)C5)C4)c2Cl)c1[2H]. The van der Waals surface area contributed by atoms with Crippen LogP contribution in [0.25, 0.3) is 11.1 Å². The maximum absolute atomic E-state index is 14.4. The highest BCUT2D eigenvalue weighted by Crippen LogP contribution is 2.64. The Balaban J connectivity index is 0.894. The molecular formula is C50H63ClN8O5. The average Bonchev–Trinajstić information content (AvgIpc) is 4.48. The molecule has 0 radical (unpaired) electrons. The van der Waals surface area contributed by atoms with Crippen LogP contribution in [0.3, 0.4) is 0 Å². The van der Waals surface area contributed by atoms with E-state index in [9.17, 15) is 19.5 Å². The average molecular weight is 907 g/mol. The number of amides is 2. The number of rotatable bonds is 14. The van der Waals surface area contributed by atoms with Gasteiger partial charge in [0.1, 0.15) is 0 Å². The number of methoxy groups -OCH3 is 1. The van der Waals surface area contributed by atoms with Crippen LogP contribution in [0.4, 0.5) is 11.4 Å². The summed E-state index contributed by atoms with van der Waals surface area (Å²) in [6.45, 7) is -1.57. The van der Waals surface area contributed by atoms with E-state index < -0.39 is 108 Å². The zero-order chi connectivity index (χ0) is 57.3. The molecule has 14 heteroatoms. The van der Waals surface area contributed by atoms with E-state index in [1.54, 1.807) is 0 Å². The van der Waals surface area contributed by atoms with Gasteiger partial charge < -0.3 is 29.6 Å². The van der Waals surface area contributed by atoms with E-state index in [0.717, 1.165) is 66.9 Å². The normalized spacial score (nSPS) is 31.2. The lowest BCUT2D eigenvalue weighted by Gasteiger charge is -2.32. The number of carboxylic acids is 1. The van der Waals surface area contributed by atoms with Gasteiger partial charge in [0.25, 0.3) is 11.8 Å². The predicted octanol–water partition coefficient (Wildman–Crippen LogP) is 8.42. The van der Waals surface area contributed by atoms with Crippen molar-refractivity contribution < 1.29 is 44.8 Å². The molecule has 0 atom stereocenters. The highest BCUT2D eigenvalue weighted by molar-refractivity contribution is 6.36. The molecule has 13 nitrogen and oxygen atoms in total. The number of carbonyl (C=O) groups excluding carboxylic acids is 2. The minimum Gasteiger partial charge on any atom is -0.481 e. The molecule has 4 heterocycles. The zero-order valence-corrected chi connectivity index (χ0v) is 36.7. The molecule has 10 rings (SSSR count). The molecule has 4 saturated carbocycles. The molecule has 0 spiro atoms. The van der Waals surface area contributed by atoms with Gasteiger partial charge in [-0.15, -0.1) is 0 Å². The van der Waals surface area contributed by atoms with E-state index in [-0.39, 0.29) is 65.6 Å². The van der Waals surface area contributed by atoms with Crippen LogP contribution in [0.5, 0.6) is 0 Å². The largest absolute Gasteiger partial charge is 0.481 e. The summed E-state index contributed by atoms with van der Waals surface area (Å²) in [6, 6.07) is -4.29. The summed E-state index contributed by atoms with van der Waals surface area (Å²) in [5, 5.41) is 14.4. The smallest absolute Gasteiger partial charge is 0.309 e. The molecule has 0 unspecified atom stereocenters. The zero-order valence-electron chi connectivity index (χ0n) is 51.0. The van der Waals surface area contributed by atoms with Gasteiger partial charge in [0, 0.05) is 90.9 Å². The van der Waals surface area contributed by atoms with Crippen LogP contribution >= 0.6 is 11.6 Å². The maximum atomic E-state index is 14.4. The van der Waals surface area contributed by atoms with E-state index in [0.29, 0.717) is 68.2 Å². The highest BCUT2D eigenvalue weighted by atomic mass is 35.5. The van der Waals surface area contributed by atoms with Gasteiger partial charge >= 0.3 is 5.97 Å². The molecule has 0 saturated heterocycles. The lowest BCUT2D eigenvalue weighted by atomic mass is 9.80. The Morgan fingerprint density at radius 3 is 1.86 bits per heavy atom. The minimum absolute atomic E-state index is 0.0347. The van der Waals surface area contributed by atoms with Gasteiger partial charge in [-0.25, -0.2) is 9.97 Å². The van der Waals surface area contributed by atoms with Gasteiger partial charge in [-0.05, 0) is 137 Å². The number of aliphatic carboxylic acids is 1. The minimum atomic E-state index is -2.89. The molecule has 3 N–H and O–H groups in total. The summed E-state index contributed by atoms with van der Waals surface area (Å²) in [5.74, 6) is -3.95. The van der Waals surface area contributed by atoms with Crippen LogP contribution in [0, 0.1) is 28.6 Å². The third-order valence-corrected chi connectivity index (χ3v) is 16.5. The number of aromatic nitrogens is 4. The van der Waals surface area contributed by atoms with Crippen molar-refractivity contribution in [2.24, 2.45) is 35.6 Å². The molecule has 4 aromatic rings. The van der Waals surface area contributed by atoms with Crippen LogP contribution in [0.2, 0.25) is 5.02 Å². The topological polar surface area (TPSA) is 147 Å². The molecule has 2 aliphatic heterocycles. The third kappa shape index (κ3) is 7.57. The van der Waals surface area contributed by atoms with Crippen molar-refractivity contribution >= 4 is 40.8 Å². The standard InChI is InChI=1S/C50H63ClN8O5/c1-32-33(7-5-9-35(32)54-44(60)42-52-37-27-58(23-11-39(37)56(42)2)25-21-47-13-15-49(29-47,16-14-47)31-64-4)34-8-6-10-36(41(34)51)55-45(61)43-53-38-28-59(24-12-40(38)57(43)3)26-22-48-17-19-50(30-48,20-18-48)46(62)63/h5-10H,11-31H2,1-4H3,(H,54,60)(H,55,61)(H,62,63)/i2D3,3D3,4D3,5D,6D,7D,8D,9D,10D. The van der Waals surface area contributed by atoms with Crippen LogP contribution in [0.1, 0.15) is 147 Å². The van der Waals surface area contributed by atoms with Crippen molar-refractivity contribution in [2.45, 2.75) is 110 Å². The molecule has 340 valence electrons. The van der Waals surface area contributed by atoms with Crippen molar-refractivity contribution in [3.05, 3.63) is 81.3 Å². The van der Waals surface area contributed by atoms with Gasteiger partial charge in [0.15, 0.2) is 11.6 Å². The van der Waals surface area contributed by atoms with Crippen molar-refractivity contribution in [2.75, 3.05) is 50.5 Å². The number of hydrogen-bond acceptors (Lipinski definition) is 8. The lowest BCUT2D eigenvalue weighted by molar-refractivity contribution is -0.148. The van der Waals surface area contributed by atoms with Gasteiger partial charge in [-0.2, -0.15) is 0 Å². The molecule has 4 aliphatic carbocycles. The van der Waals surface area contributed by atoms with Crippen molar-refractivity contribution in [3.8, 4) is 11.1 Å². The van der Waals surface area contributed by atoms with E-state index >= 15 is 0 Å².